The van der Waals surface area contributed by atoms with Crippen LogP contribution < -0.4 is 10.6 Å². The van der Waals surface area contributed by atoms with Crippen molar-refractivity contribution in [2.24, 2.45) is 0 Å². The van der Waals surface area contributed by atoms with Crippen molar-refractivity contribution in [2.45, 2.75) is 0 Å². The number of hydrogen-bond acceptors (Lipinski definition) is 2. The minimum atomic E-state index is -0.608. The van der Waals surface area contributed by atoms with Crippen molar-refractivity contribution < 1.29 is 13.6 Å². The summed E-state index contributed by atoms with van der Waals surface area (Å²) in [6.45, 7) is -0.156. The summed E-state index contributed by atoms with van der Waals surface area (Å²) in [5.41, 5.74) is 0.579. The van der Waals surface area contributed by atoms with Gasteiger partial charge in [0, 0.05) is 10.2 Å². The molecule has 2 N–H and O–H groups in total. The van der Waals surface area contributed by atoms with Crippen LogP contribution in [-0.4, -0.2) is 12.5 Å². The predicted octanol–water partition coefficient (Wildman–Crippen LogP) is 3.78. The number of nitrogens with one attached hydrogen (secondary N) is 2. The van der Waals surface area contributed by atoms with Crippen molar-refractivity contribution in [3.8, 4) is 0 Å². The number of carbonyl (C=O) groups is 1. The molecule has 0 aliphatic heterocycles. The molecule has 20 heavy (non-hydrogen) atoms. The van der Waals surface area contributed by atoms with E-state index in [1.807, 2.05) is 0 Å². The van der Waals surface area contributed by atoms with Gasteiger partial charge in [0.1, 0.15) is 11.6 Å². The number of hydrogen-bond donors (Lipinski definition) is 2. The summed E-state index contributed by atoms with van der Waals surface area (Å²) in [6, 6.07) is 10.1. The first-order chi connectivity index (χ1) is 9.54. The molecule has 0 heterocycles. The van der Waals surface area contributed by atoms with E-state index in [1.165, 1.54) is 0 Å². The highest BCUT2D eigenvalue weighted by atomic mass is 79.9. The molecule has 2 rings (SSSR count). The van der Waals surface area contributed by atoms with E-state index >= 15 is 0 Å². The standard InChI is InChI=1S/C14H11BrF2N2O/c15-9-1-4-11(5-2-9)19-14(20)8-18-13-7-10(16)3-6-12(13)17/h1-7,18H,8H2,(H,19,20). The van der Waals surface area contributed by atoms with Gasteiger partial charge in [-0.1, -0.05) is 15.9 Å². The maximum absolute atomic E-state index is 13.3. The number of carbonyl (C=O) groups excluding carboxylic acids is 1. The SMILES string of the molecule is O=C(CNc1cc(F)ccc1F)Nc1ccc(Br)cc1. The summed E-state index contributed by atoms with van der Waals surface area (Å²) in [4.78, 5) is 11.7. The molecule has 2 aromatic carbocycles. The molecular weight excluding hydrogens is 330 g/mol. The lowest BCUT2D eigenvalue weighted by atomic mass is 10.3. The van der Waals surface area contributed by atoms with E-state index in [4.69, 9.17) is 0 Å². The largest absolute Gasteiger partial charge is 0.374 e. The molecule has 1 amide bonds. The van der Waals surface area contributed by atoms with Gasteiger partial charge in [0.25, 0.3) is 0 Å². The fourth-order valence-corrected chi connectivity index (χ4v) is 1.81. The van der Waals surface area contributed by atoms with Gasteiger partial charge in [0.05, 0.1) is 12.2 Å². The lowest BCUT2D eigenvalue weighted by Gasteiger charge is -2.08. The fourth-order valence-electron chi connectivity index (χ4n) is 1.55. The van der Waals surface area contributed by atoms with Gasteiger partial charge < -0.3 is 10.6 Å². The van der Waals surface area contributed by atoms with Crippen LogP contribution in [0.4, 0.5) is 20.2 Å². The molecule has 0 fully saturated rings. The average Bonchev–Trinajstić information content (AvgIpc) is 2.42. The van der Waals surface area contributed by atoms with Crippen molar-refractivity contribution in [2.75, 3.05) is 17.2 Å². The lowest BCUT2D eigenvalue weighted by Crippen LogP contribution is -2.22. The Bertz CT molecular complexity index is 617. The van der Waals surface area contributed by atoms with E-state index in [9.17, 15) is 13.6 Å². The van der Waals surface area contributed by atoms with Crippen molar-refractivity contribution in [3.63, 3.8) is 0 Å². The highest BCUT2D eigenvalue weighted by Gasteiger charge is 2.06. The van der Waals surface area contributed by atoms with Crippen LogP contribution in [0.3, 0.4) is 0 Å². The summed E-state index contributed by atoms with van der Waals surface area (Å²) >= 11 is 3.29. The van der Waals surface area contributed by atoms with Gasteiger partial charge in [-0.25, -0.2) is 8.78 Å². The summed E-state index contributed by atoms with van der Waals surface area (Å²) in [5, 5.41) is 5.18. The summed E-state index contributed by atoms with van der Waals surface area (Å²) in [7, 11) is 0. The minimum absolute atomic E-state index is 0.0454. The van der Waals surface area contributed by atoms with E-state index in [-0.39, 0.29) is 18.1 Å². The Morgan fingerprint density at radius 2 is 1.80 bits per heavy atom. The van der Waals surface area contributed by atoms with Crippen LogP contribution in [0.25, 0.3) is 0 Å². The quantitative estimate of drug-likeness (QED) is 0.889. The molecule has 0 spiro atoms. The molecule has 2 aromatic rings. The highest BCUT2D eigenvalue weighted by Crippen LogP contribution is 2.16. The molecule has 0 unspecified atom stereocenters. The number of benzene rings is 2. The average molecular weight is 341 g/mol. The van der Waals surface area contributed by atoms with E-state index in [1.54, 1.807) is 24.3 Å². The van der Waals surface area contributed by atoms with Gasteiger partial charge in [-0.2, -0.15) is 0 Å². The maximum atomic E-state index is 13.3. The second-order valence-electron chi connectivity index (χ2n) is 4.03. The number of halogens is 3. The zero-order valence-electron chi connectivity index (χ0n) is 10.3. The zero-order chi connectivity index (χ0) is 14.5. The first kappa shape index (κ1) is 14.5. The van der Waals surface area contributed by atoms with Crippen molar-refractivity contribution in [1.82, 2.24) is 0 Å². The molecule has 0 aromatic heterocycles. The van der Waals surface area contributed by atoms with E-state index < -0.39 is 11.6 Å². The van der Waals surface area contributed by atoms with E-state index in [0.29, 0.717) is 5.69 Å². The summed E-state index contributed by atoms with van der Waals surface area (Å²) in [5.74, 6) is -1.53. The van der Waals surface area contributed by atoms with E-state index in [2.05, 4.69) is 26.6 Å². The molecule has 6 heteroatoms. The molecular formula is C14H11BrF2N2O. The Balaban J connectivity index is 1.92. The van der Waals surface area contributed by atoms with Gasteiger partial charge in [-0.05, 0) is 42.5 Å². The molecule has 0 radical (unpaired) electrons. The first-order valence-electron chi connectivity index (χ1n) is 5.79. The third kappa shape index (κ3) is 4.03. The van der Waals surface area contributed by atoms with Gasteiger partial charge in [0.15, 0.2) is 0 Å². The summed E-state index contributed by atoms with van der Waals surface area (Å²) < 4.78 is 27.2. The Kier molecular flexibility index (Phi) is 4.68. The Labute approximate surface area is 123 Å². The third-order valence-electron chi connectivity index (χ3n) is 2.50. The second-order valence-corrected chi connectivity index (χ2v) is 4.95. The topological polar surface area (TPSA) is 41.1 Å². The Hall–Kier alpha value is -1.95. The third-order valence-corrected chi connectivity index (χ3v) is 3.02. The molecule has 0 atom stereocenters. The maximum Gasteiger partial charge on any atom is 0.243 e. The van der Waals surface area contributed by atoms with Crippen molar-refractivity contribution >= 4 is 33.2 Å². The van der Waals surface area contributed by atoms with Crippen LogP contribution in [0.1, 0.15) is 0 Å². The lowest BCUT2D eigenvalue weighted by molar-refractivity contribution is -0.114. The van der Waals surface area contributed by atoms with Crippen LogP contribution in [0, 0.1) is 11.6 Å². The van der Waals surface area contributed by atoms with Gasteiger partial charge >= 0.3 is 0 Å². The van der Waals surface area contributed by atoms with Gasteiger partial charge in [0.2, 0.25) is 5.91 Å². The van der Waals surface area contributed by atoms with Crippen LogP contribution in [0.15, 0.2) is 46.9 Å². The Morgan fingerprint density at radius 1 is 1.10 bits per heavy atom. The Morgan fingerprint density at radius 3 is 2.50 bits per heavy atom. The number of amides is 1. The monoisotopic (exact) mass is 340 g/mol. The molecule has 0 aliphatic rings. The molecule has 3 nitrogen and oxygen atoms in total. The van der Waals surface area contributed by atoms with E-state index in [0.717, 1.165) is 22.7 Å². The minimum Gasteiger partial charge on any atom is -0.374 e. The molecule has 0 saturated carbocycles. The molecule has 0 aliphatic carbocycles. The molecule has 0 saturated heterocycles. The van der Waals surface area contributed by atoms with Crippen LogP contribution in [0.2, 0.25) is 0 Å². The molecule has 104 valence electrons. The predicted molar refractivity (Wildman–Crippen MR) is 77.6 cm³/mol. The van der Waals surface area contributed by atoms with Crippen molar-refractivity contribution in [3.05, 3.63) is 58.6 Å². The molecule has 0 bridgehead atoms. The zero-order valence-corrected chi connectivity index (χ0v) is 11.9. The van der Waals surface area contributed by atoms with Crippen molar-refractivity contribution in [1.29, 1.82) is 0 Å². The highest BCUT2D eigenvalue weighted by molar-refractivity contribution is 9.10. The second kappa shape index (κ2) is 6.47. The van der Waals surface area contributed by atoms with Crippen LogP contribution in [-0.2, 0) is 4.79 Å². The summed E-state index contributed by atoms with van der Waals surface area (Å²) in [6.07, 6.45) is 0. The first-order valence-corrected chi connectivity index (χ1v) is 6.58. The number of rotatable bonds is 4. The van der Waals surface area contributed by atoms with Gasteiger partial charge in [-0.3, -0.25) is 4.79 Å². The van der Waals surface area contributed by atoms with Gasteiger partial charge in [-0.15, -0.1) is 0 Å². The van der Waals surface area contributed by atoms with Crippen LogP contribution >= 0.6 is 15.9 Å². The normalized spacial score (nSPS) is 10.2. The number of anilines is 2. The smallest absolute Gasteiger partial charge is 0.243 e. The van der Waals surface area contributed by atoms with Crippen LogP contribution in [0.5, 0.6) is 0 Å². The fraction of sp³-hybridized carbons (Fsp3) is 0.0714.